The second-order valence-electron chi connectivity index (χ2n) is 4.31. The van der Waals surface area contributed by atoms with Crippen molar-refractivity contribution < 1.29 is 9.13 Å². The molecule has 1 aromatic carbocycles. The van der Waals surface area contributed by atoms with Crippen molar-refractivity contribution >= 4 is 11.8 Å². The molecule has 18 heavy (non-hydrogen) atoms. The molecule has 3 nitrogen and oxygen atoms in total. The first-order valence-corrected chi connectivity index (χ1v) is 7.19. The fourth-order valence-corrected chi connectivity index (χ4v) is 2.92. The third-order valence-electron chi connectivity index (χ3n) is 2.99. The molecular weight excluding hydrogens is 251 g/mol. The van der Waals surface area contributed by atoms with E-state index in [1.807, 2.05) is 12.1 Å². The molecule has 1 heterocycles. The second kappa shape index (κ2) is 7.09. The molecule has 2 N–H and O–H groups in total. The minimum atomic E-state index is -0.135. The Morgan fingerprint density at radius 3 is 3.06 bits per heavy atom. The Morgan fingerprint density at radius 1 is 1.44 bits per heavy atom. The number of thioether (sulfide) groups is 1. The SMILES string of the molecule is NCC1CN(CCSc2ccccc2F)CCO1. The van der Waals surface area contributed by atoms with Crippen LogP contribution >= 0.6 is 11.8 Å². The van der Waals surface area contributed by atoms with Gasteiger partial charge in [-0.1, -0.05) is 12.1 Å². The summed E-state index contributed by atoms with van der Waals surface area (Å²) < 4.78 is 18.9. The van der Waals surface area contributed by atoms with E-state index in [2.05, 4.69) is 4.90 Å². The first kappa shape index (κ1) is 13.8. The van der Waals surface area contributed by atoms with Gasteiger partial charge in [0.2, 0.25) is 0 Å². The molecule has 0 radical (unpaired) electrons. The van der Waals surface area contributed by atoms with E-state index in [1.54, 1.807) is 17.8 Å². The van der Waals surface area contributed by atoms with E-state index in [4.69, 9.17) is 10.5 Å². The number of nitrogens with zero attached hydrogens (tertiary/aromatic N) is 1. The van der Waals surface area contributed by atoms with E-state index in [0.717, 1.165) is 36.9 Å². The molecule has 0 aliphatic carbocycles. The Bertz CT molecular complexity index is 378. The van der Waals surface area contributed by atoms with Crippen molar-refractivity contribution in [2.45, 2.75) is 11.0 Å². The molecule has 0 amide bonds. The fourth-order valence-electron chi connectivity index (χ4n) is 1.97. The molecule has 100 valence electrons. The summed E-state index contributed by atoms with van der Waals surface area (Å²) in [6.45, 7) is 4.07. The van der Waals surface area contributed by atoms with Gasteiger partial charge in [0.05, 0.1) is 12.7 Å². The van der Waals surface area contributed by atoms with Gasteiger partial charge < -0.3 is 10.5 Å². The molecule has 1 aliphatic rings. The van der Waals surface area contributed by atoms with Crippen molar-refractivity contribution in [2.75, 3.05) is 38.5 Å². The summed E-state index contributed by atoms with van der Waals surface area (Å²) in [4.78, 5) is 3.05. The van der Waals surface area contributed by atoms with Gasteiger partial charge in [0.15, 0.2) is 0 Å². The van der Waals surface area contributed by atoms with Crippen LogP contribution in [0.15, 0.2) is 29.2 Å². The Balaban J connectivity index is 1.73. The monoisotopic (exact) mass is 270 g/mol. The Hall–Kier alpha value is -0.620. The van der Waals surface area contributed by atoms with Gasteiger partial charge in [0.25, 0.3) is 0 Å². The quantitative estimate of drug-likeness (QED) is 0.825. The maximum atomic E-state index is 13.4. The highest BCUT2D eigenvalue weighted by atomic mass is 32.2. The van der Waals surface area contributed by atoms with Crippen LogP contribution in [-0.2, 0) is 4.74 Å². The lowest BCUT2D eigenvalue weighted by molar-refractivity contribution is -0.0208. The van der Waals surface area contributed by atoms with E-state index in [0.29, 0.717) is 6.54 Å². The van der Waals surface area contributed by atoms with E-state index in [1.165, 1.54) is 6.07 Å². The number of hydrogen-bond donors (Lipinski definition) is 1. The molecule has 1 fully saturated rings. The highest BCUT2D eigenvalue weighted by molar-refractivity contribution is 7.99. The predicted molar refractivity (Wildman–Crippen MR) is 72.4 cm³/mol. The molecule has 1 atom stereocenters. The van der Waals surface area contributed by atoms with Crippen LogP contribution in [0.2, 0.25) is 0 Å². The zero-order valence-corrected chi connectivity index (χ0v) is 11.2. The van der Waals surface area contributed by atoms with Gasteiger partial charge in [-0.05, 0) is 12.1 Å². The number of benzene rings is 1. The number of hydrogen-bond acceptors (Lipinski definition) is 4. The third kappa shape index (κ3) is 3.95. The lowest BCUT2D eigenvalue weighted by Gasteiger charge is -2.32. The van der Waals surface area contributed by atoms with Gasteiger partial charge in [0.1, 0.15) is 5.82 Å². The normalized spacial score (nSPS) is 21.1. The summed E-state index contributed by atoms with van der Waals surface area (Å²) in [7, 11) is 0. The summed E-state index contributed by atoms with van der Waals surface area (Å²) in [6, 6.07) is 6.90. The van der Waals surface area contributed by atoms with E-state index >= 15 is 0 Å². The van der Waals surface area contributed by atoms with Crippen molar-refractivity contribution in [2.24, 2.45) is 5.73 Å². The Morgan fingerprint density at radius 2 is 2.28 bits per heavy atom. The molecule has 2 rings (SSSR count). The van der Waals surface area contributed by atoms with Crippen LogP contribution in [0.1, 0.15) is 0 Å². The highest BCUT2D eigenvalue weighted by Gasteiger charge is 2.18. The smallest absolute Gasteiger partial charge is 0.136 e. The average Bonchev–Trinajstić information content (AvgIpc) is 2.41. The van der Waals surface area contributed by atoms with Crippen LogP contribution < -0.4 is 5.73 Å². The maximum absolute atomic E-state index is 13.4. The fraction of sp³-hybridized carbons (Fsp3) is 0.538. The molecule has 0 saturated carbocycles. The van der Waals surface area contributed by atoms with Crippen molar-refractivity contribution in [3.8, 4) is 0 Å². The van der Waals surface area contributed by atoms with Gasteiger partial charge in [-0.15, -0.1) is 11.8 Å². The predicted octanol–water partition coefficient (Wildman–Crippen LogP) is 1.58. The third-order valence-corrected chi connectivity index (χ3v) is 4.02. The molecule has 1 aliphatic heterocycles. The van der Waals surface area contributed by atoms with Crippen LogP contribution in [0.5, 0.6) is 0 Å². The van der Waals surface area contributed by atoms with Crippen LogP contribution in [0.4, 0.5) is 4.39 Å². The van der Waals surface area contributed by atoms with Gasteiger partial charge in [0, 0.05) is 36.8 Å². The number of ether oxygens (including phenoxy) is 1. The topological polar surface area (TPSA) is 38.5 Å². The van der Waals surface area contributed by atoms with Gasteiger partial charge >= 0.3 is 0 Å². The second-order valence-corrected chi connectivity index (χ2v) is 5.44. The van der Waals surface area contributed by atoms with Gasteiger partial charge in [-0.25, -0.2) is 4.39 Å². The van der Waals surface area contributed by atoms with Crippen LogP contribution in [-0.4, -0.2) is 49.5 Å². The number of halogens is 1. The van der Waals surface area contributed by atoms with E-state index in [-0.39, 0.29) is 11.9 Å². The zero-order valence-electron chi connectivity index (χ0n) is 10.3. The first-order valence-electron chi connectivity index (χ1n) is 6.21. The van der Waals surface area contributed by atoms with Crippen LogP contribution in [0.25, 0.3) is 0 Å². The summed E-state index contributed by atoms with van der Waals surface area (Å²) in [5.41, 5.74) is 5.60. The van der Waals surface area contributed by atoms with E-state index in [9.17, 15) is 4.39 Å². The van der Waals surface area contributed by atoms with Crippen LogP contribution in [0, 0.1) is 5.82 Å². The summed E-state index contributed by atoms with van der Waals surface area (Å²) in [5.74, 6) is 0.752. The molecule has 1 unspecified atom stereocenters. The minimum absolute atomic E-state index is 0.135. The summed E-state index contributed by atoms with van der Waals surface area (Å²) in [6.07, 6.45) is 0.150. The first-order chi connectivity index (χ1) is 8.79. The molecule has 0 bridgehead atoms. The van der Waals surface area contributed by atoms with Gasteiger partial charge in [-0.3, -0.25) is 4.90 Å². The molecule has 0 aromatic heterocycles. The minimum Gasteiger partial charge on any atom is -0.374 e. The highest BCUT2D eigenvalue weighted by Crippen LogP contribution is 2.21. The Labute approximate surface area is 111 Å². The number of nitrogens with two attached hydrogens (primary N) is 1. The van der Waals surface area contributed by atoms with Crippen LogP contribution in [0.3, 0.4) is 0 Å². The standard InChI is InChI=1S/C13H19FN2OS/c14-12-3-1-2-4-13(12)18-8-6-16-5-7-17-11(9-15)10-16/h1-4,11H,5-10,15H2. The van der Waals surface area contributed by atoms with Crippen molar-refractivity contribution in [3.05, 3.63) is 30.1 Å². The average molecular weight is 270 g/mol. The van der Waals surface area contributed by atoms with E-state index < -0.39 is 0 Å². The summed E-state index contributed by atoms with van der Waals surface area (Å²) in [5, 5.41) is 0. The Kier molecular flexibility index (Phi) is 5.44. The molecule has 1 aromatic rings. The lowest BCUT2D eigenvalue weighted by Crippen LogP contribution is -2.46. The van der Waals surface area contributed by atoms with Gasteiger partial charge in [-0.2, -0.15) is 0 Å². The molecule has 1 saturated heterocycles. The van der Waals surface area contributed by atoms with Crippen molar-refractivity contribution in [1.29, 1.82) is 0 Å². The molecule has 0 spiro atoms. The number of rotatable bonds is 5. The number of morpholine rings is 1. The molecule has 5 heteroatoms. The maximum Gasteiger partial charge on any atom is 0.136 e. The lowest BCUT2D eigenvalue weighted by atomic mass is 10.3. The molecular formula is C13H19FN2OS. The zero-order chi connectivity index (χ0) is 12.8. The largest absolute Gasteiger partial charge is 0.374 e. The van der Waals surface area contributed by atoms with Crippen molar-refractivity contribution in [3.63, 3.8) is 0 Å². The van der Waals surface area contributed by atoms with Crippen molar-refractivity contribution in [1.82, 2.24) is 4.90 Å². The summed E-state index contributed by atoms with van der Waals surface area (Å²) >= 11 is 1.56.